The van der Waals surface area contributed by atoms with E-state index >= 15 is 0 Å². The van der Waals surface area contributed by atoms with Crippen molar-refractivity contribution in [3.8, 4) is 11.5 Å². The van der Waals surface area contributed by atoms with E-state index in [1.165, 1.54) is 20.3 Å². The van der Waals surface area contributed by atoms with Crippen molar-refractivity contribution in [3.05, 3.63) is 58.1 Å². The molecule has 0 saturated carbocycles. The van der Waals surface area contributed by atoms with Gasteiger partial charge in [-0.2, -0.15) is 0 Å². The van der Waals surface area contributed by atoms with Gasteiger partial charge in [-0.15, -0.1) is 0 Å². The molecule has 176 valence electrons. The maximum absolute atomic E-state index is 13.2. The van der Waals surface area contributed by atoms with E-state index in [1.54, 1.807) is 24.3 Å². The van der Waals surface area contributed by atoms with Crippen LogP contribution in [0.1, 0.15) is 37.4 Å². The van der Waals surface area contributed by atoms with Crippen LogP contribution >= 0.6 is 0 Å². The van der Waals surface area contributed by atoms with Gasteiger partial charge in [-0.25, -0.2) is 0 Å². The Morgan fingerprint density at radius 3 is 2.21 bits per heavy atom. The molecule has 33 heavy (non-hydrogen) atoms. The summed E-state index contributed by atoms with van der Waals surface area (Å²) in [5, 5.41) is 39.9. The van der Waals surface area contributed by atoms with Crippen molar-refractivity contribution in [2.45, 2.75) is 37.3 Å². The number of ether oxygens (including phenoxy) is 4. The lowest BCUT2D eigenvalue weighted by atomic mass is 9.82. The Labute approximate surface area is 188 Å². The Morgan fingerprint density at radius 1 is 0.939 bits per heavy atom. The zero-order chi connectivity index (χ0) is 23.9. The summed E-state index contributed by atoms with van der Waals surface area (Å²) in [5.74, 6) is -0.728. The van der Waals surface area contributed by atoms with E-state index in [4.69, 9.17) is 18.9 Å². The van der Waals surface area contributed by atoms with E-state index in [0.717, 1.165) is 0 Å². The van der Waals surface area contributed by atoms with Gasteiger partial charge in [0.25, 0.3) is 0 Å². The highest BCUT2D eigenvalue weighted by Crippen LogP contribution is 2.41. The van der Waals surface area contributed by atoms with Crippen LogP contribution in [0.15, 0.2) is 30.3 Å². The Hall–Kier alpha value is -2.86. The predicted octanol–water partition coefficient (Wildman–Crippen LogP) is -0.204. The van der Waals surface area contributed by atoms with Gasteiger partial charge in [0.05, 0.1) is 31.5 Å². The monoisotopic (exact) mass is 460 g/mol. The average Bonchev–Trinajstić information content (AvgIpc) is 2.83. The highest BCUT2D eigenvalue weighted by atomic mass is 16.7. The number of hydrogen-bond donors (Lipinski definition) is 4. The number of carbonyl (C=O) groups is 2. The Morgan fingerprint density at radius 2 is 1.61 bits per heavy atom. The second kappa shape index (κ2) is 9.18. The van der Waals surface area contributed by atoms with E-state index < -0.39 is 48.9 Å². The van der Waals surface area contributed by atoms with Crippen LogP contribution in [0.4, 0.5) is 0 Å². The van der Waals surface area contributed by atoms with Gasteiger partial charge in [0.1, 0.15) is 35.9 Å². The Balaban J connectivity index is 1.83. The number of aliphatic hydroxyl groups excluding tert-OH is 4. The lowest BCUT2D eigenvalue weighted by molar-refractivity contribution is -0.277. The van der Waals surface area contributed by atoms with Crippen molar-refractivity contribution in [3.63, 3.8) is 0 Å². The molecule has 4 rings (SSSR count). The first-order valence-corrected chi connectivity index (χ1v) is 10.2. The van der Waals surface area contributed by atoms with Gasteiger partial charge in [0.15, 0.2) is 11.6 Å². The summed E-state index contributed by atoms with van der Waals surface area (Å²) in [6.45, 7) is -0.709. The minimum Gasteiger partial charge on any atom is -0.495 e. The van der Waals surface area contributed by atoms with Crippen molar-refractivity contribution in [2.75, 3.05) is 20.8 Å². The number of benzene rings is 2. The van der Waals surface area contributed by atoms with E-state index in [0.29, 0.717) is 0 Å². The van der Waals surface area contributed by atoms with E-state index in [1.807, 2.05) is 0 Å². The van der Waals surface area contributed by atoms with Gasteiger partial charge in [0.2, 0.25) is 6.29 Å². The third-order valence-electron chi connectivity index (χ3n) is 5.82. The van der Waals surface area contributed by atoms with Gasteiger partial charge >= 0.3 is 0 Å². The zero-order valence-corrected chi connectivity index (χ0v) is 17.9. The summed E-state index contributed by atoms with van der Waals surface area (Å²) < 4.78 is 22.0. The largest absolute Gasteiger partial charge is 0.495 e. The van der Waals surface area contributed by atoms with Crippen LogP contribution in [0.25, 0.3) is 0 Å². The molecule has 0 aromatic heterocycles. The quantitative estimate of drug-likeness (QED) is 0.389. The highest BCUT2D eigenvalue weighted by molar-refractivity contribution is 6.29. The molecular weight excluding hydrogens is 436 g/mol. The molecule has 2 aromatic rings. The number of aliphatic hydroxyl groups is 4. The number of rotatable bonds is 6. The molecule has 1 heterocycles. The lowest BCUT2D eigenvalue weighted by Crippen LogP contribution is -2.60. The van der Waals surface area contributed by atoms with Crippen molar-refractivity contribution in [2.24, 2.45) is 0 Å². The van der Waals surface area contributed by atoms with Gasteiger partial charge in [-0.1, -0.05) is 24.3 Å². The molecule has 1 saturated heterocycles. The summed E-state index contributed by atoms with van der Waals surface area (Å²) in [6, 6.07) is 7.76. The molecule has 5 atom stereocenters. The minimum absolute atomic E-state index is 0.0114. The fraction of sp³-hybridized carbons (Fsp3) is 0.391. The molecule has 0 bridgehead atoms. The first-order valence-electron chi connectivity index (χ1n) is 10.2. The fourth-order valence-corrected chi connectivity index (χ4v) is 4.14. The Bertz CT molecular complexity index is 1080. The van der Waals surface area contributed by atoms with Gasteiger partial charge in [0, 0.05) is 23.8 Å². The van der Waals surface area contributed by atoms with E-state index in [9.17, 15) is 30.0 Å². The van der Waals surface area contributed by atoms with Crippen LogP contribution in [0.2, 0.25) is 0 Å². The average molecular weight is 460 g/mol. The van der Waals surface area contributed by atoms with Crippen molar-refractivity contribution < 1.29 is 49.0 Å². The highest BCUT2D eigenvalue weighted by Gasteiger charge is 2.45. The molecular formula is C23H24O10. The number of carbonyl (C=O) groups excluding carboxylic acids is 2. The van der Waals surface area contributed by atoms with Crippen molar-refractivity contribution >= 4 is 11.6 Å². The SMILES string of the molecule is COCc1c(O[C@H]2O[C@H](CO)[C@H](O)[C@@H](O)[C@H]2O)cc2c(c1OC)C(=O)c1ccccc1C2=O. The first-order chi connectivity index (χ1) is 15.8. The van der Waals surface area contributed by atoms with Crippen molar-refractivity contribution in [1.29, 1.82) is 0 Å². The van der Waals surface area contributed by atoms with Gasteiger partial charge < -0.3 is 39.4 Å². The van der Waals surface area contributed by atoms with Crippen LogP contribution in [0.5, 0.6) is 11.5 Å². The molecule has 1 aliphatic heterocycles. The molecule has 0 amide bonds. The molecule has 2 aliphatic rings. The summed E-state index contributed by atoms with van der Waals surface area (Å²) in [4.78, 5) is 26.4. The summed E-state index contributed by atoms with van der Waals surface area (Å²) in [7, 11) is 2.75. The molecule has 0 unspecified atom stereocenters. The van der Waals surface area contributed by atoms with Crippen LogP contribution in [0, 0.1) is 0 Å². The lowest BCUT2D eigenvalue weighted by Gasteiger charge is -2.40. The number of ketones is 2. The minimum atomic E-state index is -1.67. The van der Waals surface area contributed by atoms with E-state index in [-0.39, 0.29) is 45.9 Å². The number of fused-ring (bicyclic) bond motifs is 2. The summed E-state index contributed by atoms with van der Waals surface area (Å²) in [5.41, 5.74) is 0.857. The van der Waals surface area contributed by atoms with Crippen LogP contribution in [0.3, 0.4) is 0 Å². The normalized spacial score (nSPS) is 26.5. The smallest absolute Gasteiger partial charge is 0.229 e. The molecule has 1 aliphatic carbocycles. The maximum Gasteiger partial charge on any atom is 0.229 e. The summed E-state index contributed by atoms with van der Waals surface area (Å²) >= 11 is 0. The topological polar surface area (TPSA) is 152 Å². The second-order valence-electron chi connectivity index (χ2n) is 7.76. The fourth-order valence-electron chi connectivity index (χ4n) is 4.14. The standard InChI is InChI=1S/C23H24O10/c1-30-9-13-14(32-23-21(29)20(28)19(27)15(8-24)33-23)7-12-16(22(13)31-2)18(26)11-6-4-3-5-10(11)17(12)25/h3-7,15,19-21,23-24,27-29H,8-9H2,1-2H3/t15-,19+,20-,21-,23+/m1/s1. The first kappa shape index (κ1) is 23.3. The molecule has 0 radical (unpaired) electrons. The molecule has 4 N–H and O–H groups in total. The zero-order valence-electron chi connectivity index (χ0n) is 17.9. The number of hydrogen-bond acceptors (Lipinski definition) is 10. The van der Waals surface area contributed by atoms with Crippen LogP contribution in [-0.2, 0) is 16.1 Å². The third-order valence-corrected chi connectivity index (χ3v) is 5.82. The van der Waals surface area contributed by atoms with Gasteiger partial charge in [-0.3, -0.25) is 9.59 Å². The molecule has 1 fully saturated rings. The molecule has 10 heteroatoms. The van der Waals surface area contributed by atoms with E-state index in [2.05, 4.69) is 0 Å². The molecule has 10 nitrogen and oxygen atoms in total. The predicted molar refractivity (Wildman–Crippen MR) is 111 cm³/mol. The van der Waals surface area contributed by atoms with Crippen LogP contribution in [-0.4, -0.2) is 83.5 Å². The third kappa shape index (κ3) is 3.80. The Kier molecular flexibility index (Phi) is 6.48. The number of methoxy groups -OCH3 is 2. The molecule has 0 spiro atoms. The van der Waals surface area contributed by atoms with Crippen LogP contribution < -0.4 is 9.47 Å². The van der Waals surface area contributed by atoms with Gasteiger partial charge in [-0.05, 0) is 6.07 Å². The molecule has 2 aromatic carbocycles. The van der Waals surface area contributed by atoms with Crippen molar-refractivity contribution in [1.82, 2.24) is 0 Å². The maximum atomic E-state index is 13.2. The summed E-state index contributed by atoms with van der Waals surface area (Å²) in [6.07, 6.45) is -7.56. The second-order valence-corrected chi connectivity index (χ2v) is 7.76.